The monoisotopic (exact) mass is 534 g/mol. The molecule has 0 aromatic heterocycles. The van der Waals surface area contributed by atoms with Crippen LogP contribution < -0.4 is 0 Å². The van der Waals surface area contributed by atoms with Gasteiger partial charge in [0, 0.05) is 0 Å². The van der Waals surface area contributed by atoms with Gasteiger partial charge in [0.05, 0.1) is 22.3 Å². The molecule has 0 unspecified atom stereocenters. The largest absolute Gasteiger partial charge is 0.478 e. The van der Waals surface area contributed by atoms with Crippen LogP contribution in [-0.2, 0) is 12.8 Å². The number of aromatic carboxylic acids is 4. The maximum atomic E-state index is 12.3. The summed E-state index contributed by atoms with van der Waals surface area (Å²) >= 11 is 0. The summed E-state index contributed by atoms with van der Waals surface area (Å²) in [6.07, 6.45) is 10.4. The lowest BCUT2D eigenvalue weighted by Gasteiger charge is -2.20. The molecule has 0 atom stereocenters. The Labute approximate surface area is 226 Å². The summed E-state index contributed by atoms with van der Waals surface area (Å²) in [5, 5.41) is 40.0. The van der Waals surface area contributed by atoms with E-state index in [0.717, 1.165) is 51.4 Å². The second kappa shape index (κ2) is 16.8. The van der Waals surface area contributed by atoms with Crippen LogP contribution >= 0.6 is 0 Å². The summed E-state index contributed by atoms with van der Waals surface area (Å²) in [5.41, 5.74) is -2.78. The zero-order valence-electron chi connectivity index (χ0n) is 23.5. The molecule has 0 spiro atoms. The molecule has 0 radical (unpaired) electrons. The first-order valence-corrected chi connectivity index (χ1v) is 14.0. The summed E-state index contributed by atoms with van der Waals surface area (Å²) in [4.78, 5) is 49.2. The van der Waals surface area contributed by atoms with Crippen LogP contribution in [0.1, 0.15) is 157 Å². The van der Waals surface area contributed by atoms with Gasteiger partial charge in [-0.1, -0.05) is 91.9 Å². The molecule has 8 heteroatoms. The minimum absolute atomic E-state index is 0.00978. The smallest absolute Gasteiger partial charge is 0.336 e. The molecule has 0 saturated carbocycles. The maximum absolute atomic E-state index is 12.3. The Kier molecular flexibility index (Phi) is 14.7. The first-order chi connectivity index (χ1) is 17.9. The van der Waals surface area contributed by atoms with E-state index in [2.05, 4.69) is 27.7 Å². The highest BCUT2D eigenvalue weighted by Gasteiger charge is 2.35. The third-order valence-corrected chi connectivity index (χ3v) is 6.98. The van der Waals surface area contributed by atoms with Gasteiger partial charge in [-0.25, -0.2) is 19.2 Å². The van der Waals surface area contributed by atoms with Crippen molar-refractivity contribution in [3.8, 4) is 0 Å². The molecule has 0 saturated heterocycles. The van der Waals surface area contributed by atoms with E-state index in [4.69, 9.17) is 0 Å². The lowest BCUT2D eigenvalue weighted by atomic mass is 9.82. The number of unbranched alkanes of at least 4 members (excludes halogenated alkanes) is 8. The molecule has 0 heterocycles. The summed E-state index contributed by atoms with van der Waals surface area (Å²) in [5.74, 6) is -4.99. The van der Waals surface area contributed by atoms with E-state index in [0.29, 0.717) is 37.5 Å². The molecule has 214 valence electrons. The van der Waals surface area contributed by atoms with Gasteiger partial charge >= 0.3 is 23.9 Å². The van der Waals surface area contributed by atoms with Crippen LogP contribution in [0.5, 0.6) is 0 Å². The zero-order valence-corrected chi connectivity index (χ0v) is 23.5. The Bertz CT molecular complexity index is 831. The van der Waals surface area contributed by atoms with Gasteiger partial charge in [-0.3, -0.25) is 0 Å². The van der Waals surface area contributed by atoms with Gasteiger partial charge in [0.15, 0.2) is 0 Å². The van der Waals surface area contributed by atoms with Crippen molar-refractivity contribution in [2.45, 2.75) is 118 Å². The van der Waals surface area contributed by atoms with Crippen molar-refractivity contribution in [3.63, 3.8) is 0 Å². The minimum atomic E-state index is -1.55. The fraction of sp³-hybridized carbons (Fsp3) is 0.667. The van der Waals surface area contributed by atoms with E-state index in [1.165, 1.54) is 0 Å². The molecule has 0 fully saturated rings. The summed E-state index contributed by atoms with van der Waals surface area (Å²) < 4.78 is 0. The predicted octanol–water partition coefficient (Wildman–Crippen LogP) is 7.56. The van der Waals surface area contributed by atoms with Crippen molar-refractivity contribution in [3.05, 3.63) is 33.4 Å². The number of carboxylic acids is 4. The van der Waals surface area contributed by atoms with E-state index >= 15 is 0 Å². The van der Waals surface area contributed by atoms with Crippen molar-refractivity contribution < 1.29 is 39.6 Å². The van der Waals surface area contributed by atoms with Gasteiger partial charge in [0.25, 0.3) is 0 Å². The quantitative estimate of drug-likeness (QED) is 0.125. The summed E-state index contributed by atoms with van der Waals surface area (Å²) in [6.45, 7) is 8.61. The molecule has 0 aliphatic rings. The van der Waals surface area contributed by atoms with E-state index in [1.54, 1.807) is 0 Å². The van der Waals surface area contributed by atoms with E-state index in [9.17, 15) is 39.6 Å². The van der Waals surface area contributed by atoms with Gasteiger partial charge in [-0.05, 0) is 48.6 Å². The van der Waals surface area contributed by atoms with Crippen molar-refractivity contribution >= 4 is 23.9 Å². The van der Waals surface area contributed by atoms with Crippen LogP contribution in [0.3, 0.4) is 0 Å². The third kappa shape index (κ3) is 10.5. The molecule has 8 nitrogen and oxygen atoms in total. The van der Waals surface area contributed by atoms with Crippen LogP contribution in [-0.4, -0.2) is 44.3 Å². The number of carbonyl (C=O) groups is 4. The first-order valence-electron chi connectivity index (χ1n) is 14.0. The van der Waals surface area contributed by atoms with Crippen molar-refractivity contribution in [2.75, 3.05) is 0 Å². The standard InChI is InChI=1S/C30H46O8/c1-19(2)15-11-7-5-9-13-17-21-23(27(31)32)25(29(35)36)22(26(30(37)38)24(21)28(33)34)18-14-10-6-8-12-16-20(3)4/h19-20H,5-18H2,1-4H3,(H,31,32)(H,33,34)(H,35,36)(H,37,38). The Balaban J connectivity index is 3.31. The number of hydrogen-bond donors (Lipinski definition) is 4. The second-order valence-corrected chi connectivity index (χ2v) is 11.1. The fourth-order valence-electron chi connectivity index (χ4n) is 5.07. The van der Waals surface area contributed by atoms with E-state index < -0.39 is 46.1 Å². The predicted molar refractivity (Wildman–Crippen MR) is 147 cm³/mol. The number of benzene rings is 1. The maximum Gasteiger partial charge on any atom is 0.336 e. The molecule has 0 amide bonds. The van der Waals surface area contributed by atoms with Crippen molar-refractivity contribution in [1.29, 1.82) is 0 Å². The second-order valence-electron chi connectivity index (χ2n) is 11.1. The number of carboxylic acid groups (broad SMARTS) is 4. The fourth-order valence-corrected chi connectivity index (χ4v) is 5.07. The van der Waals surface area contributed by atoms with Crippen LogP contribution in [0.15, 0.2) is 0 Å². The molecular weight excluding hydrogens is 488 g/mol. The highest BCUT2D eigenvalue weighted by Crippen LogP contribution is 2.32. The number of hydrogen-bond acceptors (Lipinski definition) is 4. The topological polar surface area (TPSA) is 149 Å². The van der Waals surface area contributed by atoms with Crippen LogP contribution in [0.2, 0.25) is 0 Å². The Morgan fingerprint density at radius 3 is 0.921 bits per heavy atom. The average Bonchev–Trinajstić information content (AvgIpc) is 2.80. The van der Waals surface area contributed by atoms with Gasteiger partial charge in [-0.15, -0.1) is 0 Å². The SMILES string of the molecule is CC(C)CCCCCCCc1c(C(=O)O)c(C(=O)O)c(CCCCCCCC(C)C)c(C(=O)O)c1C(=O)O. The van der Waals surface area contributed by atoms with Gasteiger partial charge < -0.3 is 20.4 Å². The lowest BCUT2D eigenvalue weighted by Crippen LogP contribution is -2.24. The molecule has 4 N–H and O–H groups in total. The highest BCUT2D eigenvalue weighted by atomic mass is 16.4. The van der Waals surface area contributed by atoms with Gasteiger partial charge in [0.1, 0.15) is 0 Å². The molecule has 38 heavy (non-hydrogen) atoms. The lowest BCUT2D eigenvalue weighted by molar-refractivity contribution is 0.0632. The molecule has 0 bridgehead atoms. The van der Waals surface area contributed by atoms with Crippen molar-refractivity contribution in [1.82, 2.24) is 0 Å². The molecule has 0 aliphatic heterocycles. The van der Waals surface area contributed by atoms with Crippen LogP contribution in [0.4, 0.5) is 0 Å². The molecule has 1 rings (SSSR count). The molecular formula is C30H46O8. The van der Waals surface area contributed by atoms with Crippen molar-refractivity contribution in [2.24, 2.45) is 11.8 Å². The minimum Gasteiger partial charge on any atom is -0.478 e. The van der Waals surface area contributed by atoms with Crippen LogP contribution in [0.25, 0.3) is 0 Å². The van der Waals surface area contributed by atoms with Gasteiger partial charge in [0.2, 0.25) is 0 Å². The highest BCUT2D eigenvalue weighted by molar-refractivity contribution is 6.12. The van der Waals surface area contributed by atoms with Crippen LogP contribution in [0, 0.1) is 11.8 Å². The molecule has 1 aromatic rings. The normalized spacial score (nSPS) is 11.3. The molecule has 1 aromatic carbocycles. The zero-order chi connectivity index (χ0) is 28.8. The summed E-state index contributed by atoms with van der Waals surface area (Å²) in [6, 6.07) is 0. The van der Waals surface area contributed by atoms with E-state index in [1.807, 2.05) is 0 Å². The summed E-state index contributed by atoms with van der Waals surface area (Å²) in [7, 11) is 0. The third-order valence-electron chi connectivity index (χ3n) is 6.98. The van der Waals surface area contributed by atoms with E-state index in [-0.39, 0.29) is 24.0 Å². The first kappa shape index (κ1) is 33.1. The average molecular weight is 535 g/mol. The Morgan fingerprint density at radius 2 is 0.684 bits per heavy atom. The van der Waals surface area contributed by atoms with Gasteiger partial charge in [-0.2, -0.15) is 0 Å². The Hall–Kier alpha value is -2.90. The molecule has 0 aliphatic carbocycles. The Morgan fingerprint density at radius 1 is 0.447 bits per heavy atom. The number of rotatable bonds is 20.